The first kappa shape index (κ1) is 8.88. The average molecular weight is 132 g/mol. The molecule has 0 aromatic rings. The van der Waals surface area contributed by atoms with E-state index < -0.39 is 0 Å². The molecule has 3 nitrogen and oxygen atoms in total. The number of hydrogen-bond donors (Lipinski definition) is 2. The number of rotatable bonds is 6. The van der Waals surface area contributed by atoms with Gasteiger partial charge in [-0.1, -0.05) is 0 Å². The van der Waals surface area contributed by atoms with Gasteiger partial charge in [0.25, 0.3) is 0 Å². The van der Waals surface area contributed by atoms with Gasteiger partial charge in [0.15, 0.2) is 0 Å². The second-order valence-corrected chi connectivity index (χ2v) is 1.65. The van der Waals surface area contributed by atoms with Gasteiger partial charge < -0.3 is 15.2 Å². The van der Waals surface area contributed by atoms with Crippen LogP contribution in [0.4, 0.5) is 0 Å². The largest absolute Gasteiger partial charge is 0.396 e. The zero-order chi connectivity index (χ0) is 6.95. The van der Waals surface area contributed by atoms with Crippen LogP contribution in [0.15, 0.2) is 0 Å². The average Bonchev–Trinajstić information content (AvgIpc) is 1.89. The molecule has 0 atom stereocenters. The van der Waals surface area contributed by atoms with Crippen molar-refractivity contribution in [3.8, 4) is 0 Å². The van der Waals surface area contributed by atoms with Crippen LogP contribution in [0.5, 0.6) is 0 Å². The van der Waals surface area contributed by atoms with Crippen LogP contribution in [-0.2, 0) is 4.74 Å². The molecule has 0 aliphatic rings. The van der Waals surface area contributed by atoms with Crippen molar-refractivity contribution in [1.82, 2.24) is 5.32 Å². The molecule has 2 N–H and O–H groups in total. The Morgan fingerprint density at radius 3 is 3.00 bits per heavy atom. The van der Waals surface area contributed by atoms with Crippen molar-refractivity contribution in [2.45, 2.75) is 6.42 Å². The molecule has 3 heteroatoms. The fourth-order valence-electron chi connectivity index (χ4n) is 0.380. The van der Waals surface area contributed by atoms with Crippen molar-refractivity contribution in [1.29, 1.82) is 0 Å². The summed E-state index contributed by atoms with van der Waals surface area (Å²) in [5.41, 5.74) is 0. The van der Waals surface area contributed by atoms with Gasteiger partial charge >= 0.3 is 0 Å². The van der Waals surface area contributed by atoms with Gasteiger partial charge in [0.1, 0.15) is 0 Å². The van der Waals surface area contributed by atoms with Gasteiger partial charge in [-0.05, 0) is 13.5 Å². The quantitative estimate of drug-likeness (QED) is 0.490. The first-order valence-electron chi connectivity index (χ1n) is 3.10. The van der Waals surface area contributed by atoms with Crippen LogP contribution in [0, 0.1) is 6.61 Å². The van der Waals surface area contributed by atoms with Gasteiger partial charge in [-0.25, -0.2) is 0 Å². The number of aliphatic hydroxyl groups excluding tert-OH is 1. The summed E-state index contributed by atoms with van der Waals surface area (Å²) in [7, 11) is 1.87. The first-order chi connectivity index (χ1) is 4.41. The second-order valence-electron chi connectivity index (χ2n) is 1.65. The third-order valence-electron chi connectivity index (χ3n) is 0.835. The van der Waals surface area contributed by atoms with Gasteiger partial charge in [0.2, 0.25) is 0 Å². The Labute approximate surface area is 56.0 Å². The topological polar surface area (TPSA) is 41.5 Å². The lowest BCUT2D eigenvalue weighted by molar-refractivity contribution is 0.175. The molecular formula is C6H14NO2. The summed E-state index contributed by atoms with van der Waals surface area (Å²) in [6.07, 6.45) is 0.615. The Kier molecular flexibility index (Phi) is 7.77. The van der Waals surface area contributed by atoms with E-state index in [9.17, 15) is 0 Å². The van der Waals surface area contributed by atoms with Crippen molar-refractivity contribution in [3.63, 3.8) is 0 Å². The van der Waals surface area contributed by atoms with E-state index in [2.05, 4.69) is 5.32 Å². The van der Waals surface area contributed by atoms with Gasteiger partial charge in [-0.2, -0.15) is 0 Å². The molecule has 0 spiro atoms. The Morgan fingerprint density at radius 2 is 2.44 bits per heavy atom. The van der Waals surface area contributed by atoms with Gasteiger partial charge in [0.05, 0.1) is 13.2 Å². The van der Waals surface area contributed by atoms with E-state index >= 15 is 0 Å². The molecule has 0 bridgehead atoms. The predicted octanol–water partition coefficient (Wildman–Crippen LogP) is -0.233. The number of ether oxygens (including phenoxy) is 1. The second kappa shape index (κ2) is 7.88. The lowest BCUT2D eigenvalue weighted by Gasteiger charge is -1.99. The molecular weight excluding hydrogens is 118 g/mol. The molecule has 0 fully saturated rings. The first-order valence-corrected chi connectivity index (χ1v) is 3.10. The standard InChI is InChI=1S/C6H14NO2/c1-7-3-6-9-5-2-4-8/h5,7-8H,2-4,6H2,1H3. The van der Waals surface area contributed by atoms with E-state index in [-0.39, 0.29) is 6.61 Å². The van der Waals surface area contributed by atoms with Crippen LogP contribution < -0.4 is 5.32 Å². The van der Waals surface area contributed by atoms with E-state index in [0.717, 1.165) is 6.54 Å². The molecule has 0 saturated carbocycles. The summed E-state index contributed by atoms with van der Waals surface area (Å²) < 4.78 is 4.97. The molecule has 0 amide bonds. The van der Waals surface area contributed by atoms with E-state index in [4.69, 9.17) is 9.84 Å². The minimum atomic E-state index is 0.166. The zero-order valence-corrected chi connectivity index (χ0v) is 5.76. The number of nitrogens with one attached hydrogen (secondary N) is 1. The van der Waals surface area contributed by atoms with Crippen molar-refractivity contribution < 1.29 is 9.84 Å². The third-order valence-corrected chi connectivity index (χ3v) is 0.835. The lowest BCUT2D eigenvalue weighted by atomic mass is 10.5. The SMILES string of the molecule is CNCCO[CH]CCO. The molecule has 0 rings (SSSR count). The van der Waals surface area contributed by atoms with Crippen molar-refractivity contribution >= 4 is 0 Å². The Balaban J connectivity index is 2.60. The van der Waals surface area contributed by atoms with Gasteiger partial charge in [-0.3, -0.25) is 0 Å². The molecule has 0 heterocycles. The van der Waals surface area contributed by atoms with E-state index in [1.54, 1.807) is 6.61 Å². The van der Waals surface area contributed by atoms with Crippen molar-refractivity contribution in [3.05, 3.63) is 6.61 Å². The summed E-state index contributed by atoms with van der Waals surface area (Å²) in [6, 6.07) is 0. The number of likely N-dealkylation sites (N-methyl/N-ethyl adjacent to an activating group) is 1. The molecule has 0 unspecified atom stereocenters. The molecule has 55 valence electrons. The van der Waals surface area contributed by atoms with Crippen molar-refractivity contribution in [2.75, 3.05) is 26.8 Å². The summed E-state index contributed by atoms with van der Waals surface area (Å²) in [5, 5.41) is 11.2. The smallest absolute Gasteiger partial charge is 0.0860 e. The van der Waals surface area contributed by atoms with E-state index in [1.807, 2.05) is 7.05 Å². The Morgan fingerprint density at radius 1 is 1.67 bits per heavy atom. The minimum absolute atomic E-state index is 0.166. The van der Waals surface area contributed by atoms with Crippen LogP contribution in [-0.4, -0.2) is 31.9 Å². The highest BCUT2D eigenvalue weighted by Gasteiger charge is 1.85. The van der Waals surface area contributed by atoms with Gasteiger partial charge in [0, 0.05) is 13.2 Å². The molecule has 1 radical (unpaired) electrons. The molecule has 0 aliphatic heterocycles. The Bertz CT molecular complexity index is 44.3. The fraction of sp³-hybridized carbons (Fsp3) is 0.833. The van der Waals surface area contributed by atoms with Crippen LogP contribution in [0.3, 0.4) is 0 Å². The molecule has 9 heavy (non-hydrogen) atoms. The highest BCUT2D eigenvalue weighted by atomic mass is 16.5. The normalized spacial score (nSPS) is 10.0. The summed E-state index contributed by atoms with van der Waals surface area (Å²) >= 11 is 0. The maximum atomic E-state index is 8.30. The van der Waals surface area contributed by atoms with Crippen LogP contribution in [0.25, 0.3) is 0 Å². The fourth-order valence-corrected chi connectivity index (χ4v) is 0.380. The van der Waals surface area contributed by atoms with Crippen LogP contribution >= 0.6 is 0 Å². The summed E-state index contributed by atoms with van der Waals surface area (Å²) in [6.45, 7) is 3.31. The molecule has 0 saturated heterocycles. The molecule has 0 aromatic heterocycles. The van der Waals surface area contributed by atoms with Crippen LogP contribution in [0.1, 0.15) is 6.42 Å². The highest BCUT2D eigenvalue weighted by molar-refractivity contribution is 4.48. The molecule has 0 aromatic carbocycles. The molecule has 0 aliphatic carbocycles. The van der Waals surface area contributed by atoms with E-state index in [0.29, 0.717) is 13.0 Å². The Hall–Kier alpha value is -0.120. The predicted molar refractivity (Wildman–Crippen MR) is 35.9 cm³/mol. The maximum Gasteiger partial charge on any atom is 0.0860 e. The summed E-state index contributed by atoms with van der Waals surface area (Å²) in [5.74, 6) is 0. The minimum Gasteiger partial charge on any atom is -0.396 e. The highest BCUT2D eigenvalue weighted by Crippen LogP contribution is 1.85. The summed E-state index contributed by atoms with van der Waals surface area (Å²) in [4.78, 5) is 0. The third kappa shape index (κ3) is 7.88. The maximum absolute atomic E-state index is 8.30. The van der Waals surface area contributed by atoms with E-state index in [1.165, 1.54) is 0 Å². The zero-order valence-electron chi connectivity index (χ0n) is 5.76. The lowest BCUT2D eigenvalue weighted by Crippen LogP contribution is -2.13. The van der Waals surface area contributed by atoms with Gasteiger partial charge in [-0.15, -0.1) is 0 Å². The van der Waals surface area contributed by atoms with Crippen LogP contribution in [0.2, 0.25) is 0 Å². The number of aliphatic hydroxyl groups is 1. The monoisotopic (exact) mass is 132 g/mol. The number of hydrogen-bond acceptors (Lipinski definition) is 3. The van der Waals surface area contributed by atoms with Crippen molar-refractivity contribution in [2.24, 2.45) is 0 Å².